The number of piperidine rings is 2. The van der Waals surface area contributed by atoms with E-state index in [0.717, 1.165) is 113 Å². The van der Waals surface area contributed by atoms with Crippen molar-refractivity contribution in [3.63, 3.8) is 0 Å². The Kier molecular flexibility index (Phi) is 19.9. The molecule has 396 valence electrons. The summed E-state index contributed by atoms with van der Waals surface area (Å²) >= 11 is 5.91. The number of hydrogen-bond acceptors (Lipinski definition) is 10. The van der Waals surface area contributed by atoms with Crippen LogP contribution in [0.25, 0.3) is 44.1 Å². The van der Waals surface area contributed by atoms with Crippen LogP contribution in [0, 0.1) is 11.8 Å². The van der Waals surface area contributed by atoms with Gasteiger partial charge in [-0.2, -0.15) is 0 Å². The zero-order valence-electron chi connectivity index (χ0n) is 43.2. The third-order valence-electron chi connectivity index (χ3n) is 13.9. The second-order valence-corrected chi connectivity index (χ2v) is 19.6. The van der Waals surface area contributed by atoms with Gasteiger partial charge in [0.2, 0.25) is 23.0 Å². The molecule has 5 N–H and O–H groups in total. The topological polar surface area (TPSA) is 154 Å². The first-order valence-corrected chi connectivity index (χ1v) is 26.5. The molecule has 0 spiro atoms. The third-order valence-corrected chi connectivity index (χ3v) is 14.1. The van der Waals surface area contributed by atoms with E-state index in [4.69, 9.17) is 22.3 Å². The number of benzene rings is 6. The monoisotopic (exact) mass is 1050 g/mol. The van der Waals surface area contributed by atoms with Crippen LogP contribution in [0.4, 0.5) is 37.5 Å². The summed E-state index contributed by atoms with van der Waals surface area (Å²) in [4.78, 5) is 45.3. The van der Waals surface area contributed by atoms with Crippen LogP contribution in [0.1, 0.15) is 36.8 Å². The number of carbonyl (C=O) groups excluding carboxylic acids is 2. The maximum atomic E-state index is 12.6. The number of fused-ring (bicyclic) bond motifs is 2. The predicted octanol–water partition coefficient (Wildman–Crippen LogP) is 13.0. The van der Waals surface area contributed by atoms with Crippen molar-refractivity contribution >= 4 is 73.9 Å². The van der Waals surface area contributed by atoms with Gasteiger partial charge >= 0.3 is 0 Å². The van der Waals surface area contributed by atoms with Crippen molar-refractivity contribution in [2.75, 3.05) is 74.3 Å². The van der Waals surface area contributed by atoms with Crippen LogP contribution in [0.15, 0.2) is 171 Å². The second kappa shape index (κ2) is 27.8. The minimum Gasteiger partial charge on any atom is -0.399 e. The van der Waals surface area contributed by atoms with Crippen LogP contribution in [0.5, 0.6) is 0 Å². The Balaban J connectivity index is 0.000000169. The minimum atomic E-state index is -0.260. The quantitative estimate of drug-likeness (QED) is 0.0418. The van der Waals surface area contributed by atoms with Crippen molar-refractivity contribution < 1.29 is 18.4 Å². The van der Waals surface area contributed by atoms with E-state index in [1.165, 1.54) is 36.1 Å². The zero-order valence-corrected chi connectivity index (χ0v) is 43.9. The fourth-order valence-electron chi connectivity index (χ4n) is 9.77. The summed E-state index contributed by atoms with van der Waals surface area (Å²) in [5.74, 6) is 1.42. The summed E-state index contributed by atoms with van der Waals surface area (Å²) in [6.07, 6.45) is 12.8. The first-order chi connectivity index (χ1) is 37.6. The minimum absolute atomic E-state index is 0.205. The highest BCUT2D eigenvalue weighted by Gasteiger charge is 2.21. The van der Waals surface area contributed by atoms with E-state index in [1.807, 2.05) is 103 Å². The molecule has 8 aromatic rings. The Hall–Kier alpha value is -7.91. The van der Waals surface area contributed by atoms with Crippen molar-refractivity contribution in [2.24, 2.45) is 11.8 Å². The molecule has 0 bridgehead atoms. The van der Waals surface area contributed by atoms with Crippen LogP contribution >= 0.6 is 11.6 Å². The number of alkyl halides is 2. The molecule has 0 aliphatic carbocycles. The number of aromatic nitrogens is 4. The number of hydrogen-bond donors (Lipinski definition) is 4. The molecule has 2 aliphatic heterocycles. The van der Waals surface area contributed by atoms with Crippen LogP contribution in [-0.4, -0.2) is 94.2 Å². The number of para-hydroxylation sites is 2. The smallest absolute Gasteiger partial charge is 0.247 e. The molecule has 4 heterocycles. The number of nitrogens with zero attached hydrogens (tertiary/aromatic N) is 6. The molecule has 15 heteroatoms. The zero-order chi connectivity index (χ0) is 53.9. The molecular weight excluding hydrogens is 990 g/mol. The van der Waals surface area contributed by atoms with E-state index < -0.39 is 0 Å². The van der Waals surface area contributed by atoms with E-state index >= 15 is 0 Å². The molecule has 0 radical (unpaired) electrons. The Morgan fingerprint density at radius 2 is 1.05 bits per heavy atom. The van der Waals surface area contributed by atoms with Gasteiger partial charge in [-0.15, -0.1) is 0 Å². The number of halogens is 3. The predicted molar refractivity (Wildman–Crippen MR) is 311 cm³/mol. The highest BCUT2D eigenvalue weighted by atomic mass is 35.5. The molecule has 6 aromatic carbocycles. The Morgan fingerprint density at radius 1 is 0.597 bits per heavy atom. The molecule has 12 nitrogen and oxygen atoms in total. The third kappa shape index (κ3) is 16.1. The normalized spacial score (nSPS) is 14.1. The summed E-state index contributed by atoms with van der Waals surface area (Å²) in [6, 6.07) is 43.6. The summed E-state index contributed by atoms with van der Waals surface area (Å²) in [5, 5.41) is 10.9. The molecule has 0 atom stereocenters. The van der Waals surface area contributed by atoms with Crippen molar-refractivity contribution in [1.82, 2.24) is 29.7 Å². The van der Waals surface area contributed by atoms with Gasteiger partial charge in [-0.3, -0.25) is 9.59 Å². The molecule has 0 unspecified atom stereocenters. The standard InChI is InChI=1S/C31H32FN5O.C17H12ClN3O.C14H21FN2/c1-2-29(38)34-27-7-3-5-24(20-27)28-8-4-6-25-21-33-31(36-30(25)28)35-26-11-9-22(10-12-26)19-23-13-16-37(17-14-23)18-15-32;1-2-15(22)20-13-7-3-5-11(9-13)14-8-4-6-12-10-19-17(18)21-16(12)14;15-7-10-17-8-5-13(6-9-17)11-12-1-3-14(16)4-2-12/h2-12,20-21,23H,1,13-19H2,(H,34,38)(H,33,35,36);2-10H,1H2,(H,20,22);1-4,13H,5-11,16H2. The van der Waals surface area contributed by atoms with Gasteiger partial charge in [0.15, 0.2) is 0 Å². The number of nitrogen functional groups attached to an aromatic ring is 1. The van der Waals surface area contributed by atoms with Crippen LogP contribution in [0.2, 0.25) is 5.28 Å². The van der Waals surface area contributed by atoms with Gasteiger partial charge < -0.3 is 31.5 Å². The summed E-state index contributed by atoms with van der Waals surface area (Å²) in [6.45, 7) is 11.7. The number of nitrogens with two attached hydrogens (primary N) is 1. The van der Waals surface area contributed by atoms with Gasteiger partial charge in [-0.1, -0.05) is 98.1 Å². The Morgan fingerprint density at radius 3 is 1.53 bits per heavy atom. The Bertz CT molecular complexity index is 3250. The molecule has 2 aliphatic rings. The maximum absolute atomic E-state index is 12.6. The molecule has 77 heavy (non-hydrogen) atoms. The summed E-state index contributed by atoms with van der Waals surface area (Å²) in [5.41, 5.74) is 16.8. The first-order valence-electron chi connectivity index (χ1n) is 26.1. The molecule has 2 saturated heterocycles. The Labute approximate surface area is 454 Å². The van der Waals surface area contributed by atoms with Gasteiger partial charge in [0.05, 0.1) is 11.0 Å². The summed E-state index contributed by atoms with van der Waals surface area (Å²) in [7, 11) is 0. The van der Waals surface area contributed by atoms with E-state index in [-0.39, 0.29) is 30.4 Å². The number of carbonyl (C=O) groups is 2. The number of likely N-dealkylation sites (tertiary alicyclic amines) is 2. The van der Waals surface area contributed by atoms with E-state index in [2.05, 4.69) is 90.3 Å². The van der Waals surface area contributed by atoms with Crippen LogP contribution < -0.4 is 21.7 Å². The molecular formula is C62H65ClF2N10O2. The lowest BCUT2D eigenvalue weighted by Crippen LogP contribution is -2.35. The molecule has 0 saturated carbocycles. The lowest BCUT2D eigenvalue weighted by atomic mass is 9.90. The van der Waals surface area contributed by atoms with Crippen LogP contribution in [0.3, 0.4) is 0 Å². The highest BCUT2D eigenvalue weighted by Crippen LogP contribution is 2.32. The largest absolute Gasteiger partial charge is 0.399 e. The number of nitrogens with one attached hydrogen (secondary N) is 3. The van der Waals surface area contributed by atoms with Crippen LogP contribution in [-0.2, 0) is 22.4 Å². The van der Waals surface area contributed by atoms with Crippen molar-refractivity contribution in [3.05, 3.63) is 188 Å². The second-order valence-electron chi connectivity index (χ2n) is 19.3. The molecule has 10 rings (SSSR count). The van der Waals surface area contributed by atoms with Crippen molar-refractivity contribution in [2.45, 2.75) is 38.5 Å². The average molecular weight is 1060 g/mol. The lowest BCUT2D eigenvalue weighted by molar-refractivity contribution is -0.112. The summed E-state index contributed by atoms with van der Waals surface area (Å²) < 4.78 is 24.8. The number of anilines is 5. The SMILES string of the molecule is C=CC(=O)Nc1cccc(-c2cccc3cnc(Cl)nc23)c1.C=CC(=O)Nc1cccc(-c2cccc3cnc(Nc4ccc(CC5CCN(CCF)CC5)cc4)nc23)c1.Nc1ccc(CC2CCN(CCF)CC2)cc1. The highest BCUT2D eigenvalue weighted by molar-refractivity contribution is 6.28. The molecule has 2 fully saturated rings. The number of amides is 2. The van der Waals surface area contributed by atoms with Gasteiger partial charge in [-0.05, 0) is 171 Å². The van der Waals surface area contributed by atoms with Gasteiger partial charge in [0.25, 0.3) is 0 Å². The molecule has 2 aromatic heterocycles. The van der Waals surface area contributed by atoms with E-state index in [9.17, 15) is 18.4 Å². The maximum Gasteiger partial charge on any atom is 0.247 e. The molecule has 2 amide bonds. The first kappa shape index (κ1) is 55.3. The van der Waals surface area contributed by atoms with Crippen molar-refractivity contribution in [3.8, 4) is 22.3 Å². The van der Waals surface area contributed by atoms with Crippen molar-refractivity contribution in [1.29, 1.82) is 0 Å². The lowest BCUT2D eigenvalue weighted by Gasteiger charge is -2.31. The fourth-order valence-corrected chi connectivity index (χ4v) is 9.91. The number of rotatable bonds is 16. The average Bonchev–Trinajstić information content (AvgIpc) is 3.45. The van der Waals surface area contributed by atoms with Gasteiger partial charge in [0, 0.05) is 70.1 Å². The fraction of sp³-hybridized carbons (Fsp3) is 0.258. The van der Waals surface area contributed by atoms with E-state index in [1.54, 1.807) is 6.20 Å². The van der Waals surface area contributed by atoms with E-state index in [0.29, 0.717) is 36.3 Å². The van der Waals surface area contributed by atoms with Gasteiger partial charge in [0.1, 0.15) is 13.3 Å². The van der Waals surface area contributed by atoms with Gasteiger partial charge in [-0.25, -0.2) is 28.7 Å².